The zero-order valence-electron chi connectivity index (χ0n) is 9.86. The number of likely N-dealkylation sites (tertiary alicyclic amines) is 1. The fourth-order valence-corrected chi connectivity index (χ4v) is 1.89. The van der Waals surface area contributed by atoms with Crippen molar-refractivity contribution in [2.45, 2.75) is 12.2 Å². The molecule has 0 aromatic heterocycles. The molecule has 0 bridgehead atoms. The average Bonchev–Trinajstić information content (AvgIpc) is 2.67. The highest BCUT2D eigenvalue weighted by atomic mass is 16.3. The van der Waals surface area contributed by atoms with Gasteiger partial charge < -0.3 is 20.8 Å². The summed E-state index contributed by atoms with van der Waals surface area (Å²) in [6, 6.07) is 7.18. The molecular weight excluding hydrogens is 232 g/mol. The van der Waals surface area contributed by atoms with Crippen LogP contribution < -0.4 is 5.73 Å². The minimum Gasteiger partial charge on any atom is -0.399 e. The lowest BCUT2D eigenvalue weighted by molar-refractivity contribution is -0.125. The lowest BCUT2D eigenvalue weighted by atomic mass is 10.2. The molecule has 0 aliphatic carbocycles. The van der Waals surface area contributed by atoms with Gasteiger partial charge in [0.25, 0.3) is 0 Å². The van der Waals surface area contributed by atoms with E-state index in [-0.39, 0.29) is 19.0 Å². The number of β-amino-alcohol motifs (C(OH)–C–C–N with tert-alkyl or cyclic N) is 2. The Labute approximate surface area is 105 Å². The summed E-state index contributed by atoms with van der Waals surface area (Å²) >= 11 is 0. The molecule has 0 saturated carbocycles. The first-order chi connectivity index (χ1) is 8.56. The van der Waals surface area contributed by atoms with Crippen molar-refractivity contribution < 1.29 is 15.0 Å². The van der Waals surface area contributed by atoms with Gasteiger partial charge in [-0.15, -0.1) is 0 Å². The average molecular weight is 248 g/mol. The molecule has 1 aromatic carbocycles. The van der Waals surface area contributed by atoms with Crippen LogP contribution in [0.15, 0.2) is 30.3 Å². The van der Waals surface area contributed by atoms with E-state index in [4.69, 9.17) is 5.73 Å². The van der Waals surface area contributed by atoms with Gasteiger partial charge in [0.05, 0.1) is 12.2 Å². The van der Waals surface area contributed by atoms with Crippen molar-refractivity contribution in [3.05, 3.63) is 35.9 Å². The molecule has 18 heavy (non-hydrogen) atoms. The number of rotatable bonds is 2. The van der Waals surface area contributed by atoms with E-state index in [2.05, 4.69) is 0 Å². The first kappa shape index (κ1) is 12.6. The third kappa shape index (κ3) is 2.88. The molecule has 5 heteroatoms. The van der Waals surface area contributed by atoms with Crippen LogP contribution in [0.1, 0.15) is 5.56 Å². The van der Waals surface area contributed by atoms with Gasteiger partial charge in [0.15, 0.2) is 0 Å². The van der Waals surface area contributed by atoms with Crippen molar-refractivity contribution in [3.8, 4) is 0 Å². The standard InChI is InChI=1S/C13H16N2O3/c14-10-3-1-2-9(6-10)4-5-13(18)15-7-11(16)12(17)8-15/h1-6,11-12,16-17H,7-8,14H2/b5-4+/t11-,12+. The van der Waals surface area contributed by atoms with E-state index in [1.807, 2.05) is 12.1 Å². The van der Waals surface area contributed by atoms with Gasteiger partial charge in [-0.05, 0) is 23.8 Å². The van der Waals surface area contributed by atoms with Gasteiger partial charge in [-0.1, -0.05) is 12.1 Å². The Balaban J connectivity index is 1.99. The van der Waals surface area contributed by atoms with Crippen LogP contribution in [-0.2, 0) is 4.79 Å². The van der Waals surface area contributed by atoms with E-state index in [1.165, 1.54) is 11.0 Å². The van der Waals surface area contributed by atoms with Gasteiger partial charge >= 0.3 is 0 Å². The van der Waals surface area contributed by atoms with E-state index < -0.39 is 12.2 Å². The minimum absolute atomic E-state index is 0.168. The maximum Gasteiger partial charge on any atom is 0.246 e. The fraction of sp³-hybridized carbons (Fsp3) is 0.308. The van der Waals surface area contributed by atoms with Crippen LogP contribution in [0.2, 0.25) is 0 Å². The molecule has 1 aromatic rings. The van der Waals surface area contributed by atoms with Crippen LogP contribution >= 0.6 is 0 Å². The number of nitrogen functional groups attached to an aromatic ring is 1. The number of nitrogens with zero attached hydrogens (tertiary/aromatic N) is 1. The molecule has 1 fully saturated rings. The van der Waals surface area contributed by atoms with Crippen molar-refractivity contribution in [2.24, 2.45) is 0 Å². The van der Waals surface area contributed by atoms with E-state index in [1.54, 1.807) is 18.2 Å². The van der Waals surface area contributed by atoms with Crippen LogP contribution in [0.25, 0.3) is 6.08 Å². The number of aliphatic hydroxyl groups is 2. The van der Waals surface area contributed by atoms with Crippen LogP contribution in [0.4, 0.5) is 5.69 Å². The van der Waals surface area contributed by atoms with E-state index in [9.17, 15) is 15.0 Å². The summed E-state index contributed by atoms with van der Waals surface area (Å²) in [4.78, 5) is 13.2. The summed E-state index contributed by atoms with van der Waals surface area (Å²) in [5.41, 5.74) is 7.10. The first-order valence-electron chi connectivity index (χ1n) is 5.75. The number of hydrogen-bond acceptors (Lipinski definition) is 4. The van der Waals surface area contributed by atoms with Gasteiger partial charge in [-0.3, -0.25) is 4.79 Å². The molecule has 1 aliphatic rings. The number of aliphatic hydroxyl groups excluding tert-OH is 2. The molecule has 1 heterocycles. The normalized spacial score (nSPS) is 23.8. The number of carbonyl (C=O) groups is 1. The molecular formula is C13H16N2O3. The SMILES string of the molecule is Nc1cccc(/C=C/C(=O)N2C[C@@H](O)[C@@H](O)C2)c1. The van der Waals surface area contributed by atoms with E-state index >= 15 is 0 Å². The van der Waals surface area contributed by atoms with Gasteiger partial charge in [-0.25, -0.2) is 0 Å². The van der Waals surface area contributed by atoms with Gasteiger partial charge in [-0.2, -0.15) is 0 Å². The van der Waals surface area contributed by atoms with Crippen LogP contribution in [0.3, 0.4) is 0 Å². The van der Waals surface area contributed by atoms with Crippen LogP contribution in [-0.4, -0.2) is 46.3 Å². The zero-order valence-corrected chi connectivity index (χ0v) is 9.86. The summed E-state index contributed by atoms with van der Waals surface area (Å²) < 4.78 is 0. The maximum absolute atomic E-state index is 11.8. The number of amides is 1. The number of carbonyl (C=O) groups excluding carboxylic acids is 1. The monoisotopic (exact) mass is 248 g/mol. The van der Waals surface area contributed by atoms with Gasteiger partial charge in [0.2, 0.25) is 5.91 Å². The second-order valence-corrected chi connectivity index (χ2v) is 4.38. The highest BCUT2D eigenvalue weighted by molar-refractivity contribution is 5.92. The molecule has 5 nitrogen and oxygen atoms in total. The highest BCUT2D eigenvalue weighted by Gasteiger charge is 2.31. The predicted octanol–water partition coefficient (Wildman–Crippen LogP) is -0.154. The van der Waals surface area contributed by atoms with Gasteiger partial charge in [0, 0.05) is 24.9 Å². The molecule has 1 aliphatic heterocycles. The Hall–Kier alpha value is -1.85. The molecule has 4 N–H and O–H groups in total. The third-order valence-electron chi connectivity index (χ3n) is 2.90. The van der Waals surface area contributed by atoms with Gasteiger partial charge in [0.1, 0.15) is 0 Å². The largest absolute Gasteiger partial charge is 0.399 e. The minimum atomic E-state index is -0.852. The summed E-state index contributed by atoms with van der Waals surface area (Å²) in [7, 11) is 0. The number of nitrogens with two attached hydrogens (primary N) is 1. The van der Waals surface area contributed by atoms with Crippen LogP contribution in [0.5, 0.6) is 0 Å². The molecule has 2 rings (SSSR count). The summed E-state index contributed by atoms with van der Waals surface area (Å²) in [6.07, 6.45) is 1.37. The summed E-state index contributed by atoms with van der Waals surface area (Å²) in [6.45, 7) is 0.336. The molecule has 1 amide bonds. The maximum atomic E-state index is 11.8. The van der Waals surface area contributed by atoms with Crippen molar-refractivity contribution >= 4 is 17.7 Å². The Morgan fingerprint density at radius 1 is 1.33 bits per heavy atom. The lowest BCUT2D eigenvalue weighted by Crippen LogP contribution is -2.27. The Morgan fingerprint density at radius 2 is 2.00 bits per heavy atom. The number of anilines is 1. The quantitative estimate of drug-likeness (QED) is 0.501. The zero-order chi connectivity index (χ0) is 13.1. The topological polar surface area (TPSA) is 86.8 Å². The predicted molar refractivity (Wildman–Crippen MR) is 68.5 cm³/mol. The smallest absolute Gasteiger partial charge is 0.246 e. The molecule has 0 unspecified atom stereocenters. The summed E-state index contributed by atoms with van der Waals surface area (Å²) in [5, 5.41) is 18.7. The van der Waals surface area contributed by atoms with Crippen molar-refractivity contribution in [2.75, 3.05) is 18.8 Å². The van der Waals surface area contributed by atoms with Crippen molar-refractivity contribution in [1.29, 1.82) is 0 Å². The third-order valence-corrected chi connectivity index (χ3v) is 2.90. The Morgan fingerprint density at radius 3 is 2.61 bits per heavy atom. The Bertz CT molecular complexity index is 463. The van der Waals surface area contributed by atoms with Crippen LogP contribution in [0, 0.1) is 0 Å². The number of benzene rings is 1. The van der Waals surface area contributed by atoms with Crippen molar-refractivity contribution in [1.82, 2.24) is 4.90 Å². The fourth-order valence-electron chi connectivity index (χ4n) is 1.89. The second kappa shape index (κ2) is 5.20. The van der Waals surface area contributed by atoms with E-state index in [0.29, 0.717) is 5.69 Å². The summed E-state index contributed by atoms with van der Waals surface area (Å²) in [5.74, 6) is -0.229. The highest BCUT2D eigenvalue weighted by Crippen LogP contribution is 2.12. The van der Waals surface area contributed by atoms with E-state index in [0.717, 1.165) is 5.56 Å². The Kier molecular flexibility index (Phi) is 3.64. The first-order valence-corrected chi connectivity index (χ1v) is 5.75. The molecule has 1 saturated heterocycles. The molecule has 0 spiro atoms. The van der Waals surface area contributed by atoms with Crippen molar-refractivity contribution in [3.63, 3.8) is 0 Å². The molecule has 2 atom stereocenters. The molecule has 96 valence electrons. The number of hydrogen-bond donors (Lipinski definition) is 3. The lowest BCUT2D eigenvalue weighted by Gasteiger charge is -2.12. The second-order valence-electron chi connectivity index (χ2n) is 4.38. The molecule has 0 radical (unpaired) electrons.